The molecule has 0 bridgehead atoms. The van der Waals surface area contributed by atoms with E-state index in [4.69, 9.17) is 10.2 Å². The maximum atomic E-state index is 9.64. The first-order valence-corrected chi connectivity index (χ1v) is 7.64. The molecule has 0 aliphatic carbocycles. The number of hydrogen-bond acceptors (Lipinski definition) is 6. The Balaban J connectivity index is 0.000000301. The van der Waals surface area contributed by atoms with Gasteiger partial charge in [-0.3, -0.25) is 9.59 Å². The van der Waals surface area contributed by atoms with Crippen molar-refractivity contribution in [3.8, 4) is 0 Å². The second-order valence-electron chi connectivity index (χ2n) is 5.39. The normalized spacial score (nSPS) is 19.2. The molecule has 4 N–H and O–H groups in total. The number of piperazine rings is 2. The first-order valence-electron chi connectivity index (χ1n) is 7.64. The predicted molar refractivity (Wildman–Crippen MR) is 85.2 cm³/mol. The van der Waals surface area contributed by atoms with Crippen molar-refractivity contribution in [2.24, 2.45) is 0 Å². The Hall–Kier alpha value is -1.22. The molecule has 2 heterocycles. The summed E-state index contributed by atoms with van der Waals surface area (Å²) in [5.41, 5.74) is 0. The first-order chi connectivity index (χ1) is 10.4. The van der Waals surface area contributed by atoms with Crippen molar-refractivity contribution in [2.45, 2.75) is 12.8 Å². The van der Waals surface area contributed by atoms with Crippen molar-refractivity contribution in [3.63, 3.8) is 0 Å². The van der Waals surface area contributed by atoms with Crippen molar-refractivity contribution >= 4 is 11.9 Å². The molecule has 0 spiro atoms. The summed E-state index contributed by atoms with van der Waals surface area (Å²) in [6, 6.07) is 0. The number of carbonyl (C=O) groups is 2. The van der Waals surface area contributed by atoms with Gasteiger partial charge in [0.15, 0.2) is 0 Å². The number of nitrogens with zero attached hydrogens (tertiary/aromatic N) is 2. The largest absolute Gasteiger partial charge is 0.481 e. The summed E-state index contributed by atoms with van der Waals surface area (Å²) >= 11 is 0. The molecule has 0 aromatic heterocycles. The fourth-order valence-corrected chi connectivity index (χ4v) is 1.77. The lowest BCUT2D eigenvalue weighted by Gasteiger charge is -2.21. The summed E-state index contributed by atoms with van der Waals surface area (Å²) in [5, 5.41) is 22.3. The summed E-state index contributed by atoms with van der Waals surface area (Å²) in [5.74, 6) is -2.15. The fourth-order valence-electron chi connectivity index (χ4n) is 1.77. The van der Waals surface area contributed by atoms with Crippen LogP contribution in [0.4, 0.5) is 0 Å². The number of likely N-dealkylation sites (N-methyl/N-ethyl adjacent to an activating group) is 2. The van der Waals surface area contributed by atoms with Crippen LogP contribution in [-0.4, -0.2) is 98.4 Å². The summed E-state index contributed by atoms with van der Waals surface area (Å²) < 4.78 is 0. The molecule has 0 radical (unpaired) electrons. The zero-order valence-electron chi connectivity index (χ0n) is 13.7. The van der Waals surface area contributed by atoms with Gasteiger partial charge in [0.25, 0.3) is 0 Å². The molecule has 2 aliphatic rings. The molecular weight excluding hydrogens is 288 g/mol. The molecule has 0 saturated carbocycles. The van der Waals surface area contributed by atoms with Crippen LogP contribution in [0.3, 0.4) is 0 Å². The van der Waals surface area contributed by atoms with Gasteiger partial charge < -0.3 is 30.6 Å². The molecule has 0 aromatic rings. The zero-order valence-corrected chi connectivity index (χ0v) is 13.7. The molecule has 2 saturated heterocycles. The van der Waals surface area contributed by atoms with E-state index in [1.54, 1.807) is 0 Å². The second-order valence-corrected chi connectivity index (χ2v) is 5.39. The van der Waals surface area contributed by atoms with Crippen LogP contribution >= 0.6 is 0 Å². The van der Waals surface area contributed by atoms with Crippen LogP contribution in [0.2, 0.25) is 0 Å². The number of nitrogens with one attached hydrogen (secondary N) is 2. The molecule has 0 amide bonds. The Morgan fingerprint density at radius 1 is 0.773 bits per heavy atom. The standard InChI is InChI=1S/2C5H12N2.C4H6O4/c2*1-7-4-2-6-3-5-7;5-3(6)1-2-4(7)8/h2*6H,2-5H2,1H3;1-2H2,(H,5,6)(H,7,8). The van der Waals surface area contributed by atoms with Crippen molar-refractivity contribution < 1.29 is 19.8 Å². The average molecular weight is 318 g/mol. The number of rotatable bonds is 3. The molecule has 22 heavy (non-hydrogen) atoms. The summed E-state index contributed by atoms with van der Waals surface area (Å²) in [7, 11) is 4.31. The SMILES string of the molecule is CN1CCNCC1.CN1CCNCC1.O=C(O)CCC(=O)O. The Morgan fingerprint density at radius 3 is 1.18 bits per heavy atom. The minimum absolute atomic E-state index is 0.296. The highest BCUT2D eigenvalue weighted by Gasteiger charge is 2.02. The summed E-state index contributed by atoms with van der Waals surface area (Å²) in [4.78, 5) is 23.9. The van der Waals surface area contributed by atoms with E-state index in [-0.39, 0.29) is 12.8 Å². The third-order valence-corrected chi connectivity index (χ3v) is 3.23. The van der Waals surface area contributed by atoms with E-state index in [9.17, 15) is 9.59 Å². The van der Waals surface area contributed by atoms with Gasteiger partial charge in [-0.25, -0.2) is 0 Å². The van der Waals surface area contributed by atoms with E-state index in [1.165, 1.54) is 26.2 Å². The highest BCUT2D eigenvalue weighted by atomic mass is 16.4. The molecule has 2 aliphatic heterocycles. The third-order valence-electron chi connectivity index (χ3n) is 3.23. The van der Waals surface area contributed by atoms with Crippen LogP contribution in [0.25, 0.3) is 0 Å². The fraction of sp³-hybridized carbons (Fsp3) is 0.857. The molecular formula is C14H30N4O4. The lowest BCUT2D eigenvalue weighted by molar-refractivity contribution is -0.143. The van der Waals surface area contributed by atoms with E-state index >= 15 is 0 Å². The molecule has 8 nitrogen and oxygen atoms in total. The third kappa shape index (κ3) is 15.2. The van der Waals surface area contributed by atoms with Crippen molar-refractivity contribution in [2.75, 3.05) is 66.5 Å². The first kappa shape index (κ1) is 20.8. The van der Waals surface area contributed by atoms with E-state index in [2.05, 4.69) is 34.5 Å². The number of hydrogen-bond donors (Lipinski definition) is 4. The monoisotopic (exact) mass is 318 g/mol. The number of carboxylic acid groups (broad SMARTS) is 2. The lowest BCUT2D eigenvalue weighted by atomic mass is 10.3. The van der Waals surface area contributed by atoms with E-state index in [0.717, 1.165) is 26.2 Å². The highest BCUT2D eigenvalue weighted by Crippen LogP contribution is 1.86. The van der Waals surface area contributed by atoms with Gasteiger partial charge in [0.2, 0.25) is 0 Å². The lowest BCUT2D eigenvalue weighted by Crippen LogP contribution is -2.40. The molecule has 0 aromatic carbocycles. The molecule has 0 unspecified atom stereocenters. The van der Waals surface area contributed by atoms with Crippen LogP contribution in [0.5, 0.6) is 0 Å². The minimum Gasteiger partial charge on any atom is -0.481 e. The Labute approximate surface area is 132 Å². The van der Waals surface area contributed by atoms with Gasteiger partial charge in [-0.15, -0.1) is 0 Å². The number of aliphatic carboxylic acids is 2. The molecule has 0 atom stereocenters. The topological polar surface area (TPSA) is 105 Å². The highest BCUT2D eigenvalue weighted by molar-refractivity contribution is 5.75. The van der Waals surface area contributed by atoms with Gasteiger partial charge in [-0.05, 0) is 14.1 Å². The van der Waals surface area contributed by atoms with E-state index in [1.807, 2.05) is 0 Å². The van der Waals surface area contributed by atoms with Gasteiger partial charge in [0, 0.05) is 52.4 Å². The average Bonchev–Trinajstić information content (AvgIpc) is 2.48. The van der Waals surface area contributed by atoms with E-state index < -0.39 is 11.9 Å². The van der Waals surface area contributed by atoms with Gasteiger partial charge >= 0.3 is 11.9 Å². The van der Waals surface area contributed by atoms with Crippen LogP contribution in [0.1, 0.15) is 12.8 Å². The quantitative estimate of drug-likeness (QED) is 0.524. The summed E-state index contributed by atoms with van der Waals surface area (Å²) in [6.45, 7) is 9.49. The molecule has 2 fully saturated rings. The predicted octanol–water partition coefficient (Wildman–Crippen LogP) is -1.02. The second kappa shape index (κ2) is 13.4. The number of carboxylic acids is 2. The van der Waals surface area contributed by atoms with Crippen molar-refractivity contribution in [3.05, 3.63) is 0 Å². The molecule has 2 rings (SSSR count). The maximum Gasteiger partial charge on any atom is 0.303 e. The Kier molecular flexibility index (Phi) is 12.7. The smallest absolute Gasteiger partial charge is 0.303 e. The summed E-state index contributed by atoms with van der Waals surface area (Å²) in [6.07, 6.45) is -0.593. The Bertz CT molecular complexity index is 273. The van der Waals surface area contributed by atoms with Crippen LogP contribution in [0.15, 0.2) is 0 Å². The Morgan fingerprint density at radius 2 is 1.05 bits per heavy atom. The van der Waals surface area contributed by atoms with E-state index in [0.29, 0.717) is 0 Å². The van der Waals surface area contributed by atoms with Gasteiger partial charge in [-0.1, -0.05) is 0 Å². The molecule has 130 valence electrons. The van der Waals surface area contributed by atoms with Gasteiger partial charge in [0.1, 0.15) is 0 Å². The molecule has 8 heteroatoms. The maximum absolute atomic E-state index is 9.64. The van der Waals surface area contributed by atoms with Crippen molar-refractivity contribution in [1.29, 1.82) is 0 Å². The van der Waals surface area contributed by atoms with Crippen LogP contribution < -0.4 is 10.6 Å². The zero-order chi connectivity index (χ0) is 16.8. The van der Waals surface area contributed by atoms with Gasteiger partial charge in [0.05, 0.1) is 12.8 Å². The van der Waals surface area contributed by atoms with Crippen LogP contribution in [0, 0.1) is 0 Å². The van der Waals surface area contributed by atoms with Crippen molar-refractivity contribution in [1.82, 2.24) is 20.4 Å². The van der Waals surface area contributed by atoms with Gasteiger partial charge in [-0.2, -0.15) is 0 Å². The van der Waals surface area contributed by atoms with Crippen LogP contribution in [-0.2, 0) is 9.59 Å². The minimum atomic E-state index is -1.08.